The summed E-state index contributed by atoms with van der Waals surface area (Å²) in [6.07, 6.45) is 10.4. The molecule has 0 saturated heterocycles. The maximum Gasteiger partial charge on any atom is 0.373 e. The Balaban J connectivity index is 1.25. The van der Waals surface area contributed by atoms with Crippen LogP contribution in [0.1, 0.15) is 107 Å². The van der Waals surface area contributed by atoms with Crippen molar-refractivity contribution in [3.8, 4) is 0 Å². The molecule has 0 atom stereocenters. The van der Waals surface area contributed by atoms with Crippen molar-refractivity contribution in [1.82, 2.24) is 0 Å². The Morgan fingerprint density at radius 1 is 0.511 bits per heavy atom. The van der Waals surface area contributed by atoms with Crippen LogP contribution in [-0.2, 0) is 14.5 Å². The molecule has 238 valence electrons. The molecule has 5 nitrogen and oxygen atoms in total. The minimum absolute atomic E-state index is 0.0189. The average Bonchev–Trinajstić information content (AvgIpc) is 3.12. The van der Waals surface area contributed by atoms with E-state index < -0.39 is 5.97 Å². The van der Waals surface area contributed by atoms with Gasteiger partial charge in [-0.15, -0.1) is 0 Å². The average molecular weight is 661 g/mol. The Kier molecular flexibility index (Phi) is 8.70. The highest BCUT2D eigenvalue weighted by Crippen LogP contribution is 2.54. The maximum absolute atomic E-state index is 13.5. The summed E-state index contributed by atoms with van der Waals surface area (Å²) in [5.74, 6) is -0.754. The molecule has 0 amide bonds. The lowest BCUT2D eigenvalue weighted by Gasteiger charge is -2.30. The SMILES string of the molecule is O=C(OOC1CCCCC1)c1ccc2c(c1)/C(=C1\c3ccccc3Sc3ccc(C(=O)OC4CCCCC4)cc31)c1ccccc1S2. The van der Waals surface area contributed by atoms with E-state index in [1.54, 1.807) is 23.5 Å². The predicted octanol–water partition coefficient (Wildman–Crippen LogP) is 10.5. The van der Waals surface area contributed by atoms with Crippen LogP contribution in [0.15, 0.2) is 105 Å². The van der Waals surface area contributed by atoms with Crippen LogP contribution in [0.25, 0.3) is 11.1 Å². The standard InChI is InChI=1S/C40H36O5S2/c41-39(43-27-11-3-1-4-12-27)25-19-21-35-31(23-25)37(29-15-7-9-17-33(29)46-35)38-30-16-8-10-18-34(30)47-36-22-20-26(24-32(36)38)40(42)45-44-28-13-5-2-6-14-28/h7-10,15-24,27-28H,1-6,11-14H2/b38-37+. The van der Waals surface area contributed by atoms with Gasteiger partial charge in [-0.2, -0.15) is 4.89 Å². The summed E-state index contributed by atoms with van der Waals surface area (Å²) in [5.41, 5.74) is 7.21. The lowest BCUT2D eigenvalue weighted by molar-refractivity contribution is -0.279. The molecule has 2 fully saturated rings. The highest BCUT2D eigenvalue weighted by atomic mass is 32.2. The molecule has 4 aliphatic rings. The Labute approximate surface area is 284 Å². The van der Waals surface area contributed by atoms with Crippen LogP contribution in [-0.4, -0.2) is 24.1 Å². The predicted molar refractivity (Wildman–Crippen MR) is 185 cm³/mol. The van der Waals surface area contributed by atoms with E-state index in [4.69, 9.17) is 14.5 Å². The molecular weight excluding hydrogens is 625 g/mol. The number of ether oxygens (including phenoxy) is 1. The fraction of sp³-hybridized carbons (Fsp3) is 0.300. The van der Waals surface area contributed by atoms with Crippen LogP contribution in [0.3, 0.4) is 0 Å². The molecule has 2 aliphatic heterocycles. The Bertz CT molecular complexity index is 1880. The first kappa shape index (κ1) is 30.5. The van der Waals surface area contributed by atoms with Crippen LogP contribution >= 0.6 is 23.5 Å². The van der Waals surface area contributed by atoms with Crippen LogP contribution in [0.5, 0.6) is 0 Å². The van der Waals surface area contributed by atoms with Crippen molar-refractivity contribution in [2.75, 3.05) is 0 Å². The van der Waals surface area contributed by atoms with Crippen molar-refractivity contribution in [2.45, 2.75) is 96.0 Å². The van der Waals surface area contributed by atoms with E-state index in [1.807, 2.05) is 30.3 Å². The van der Waals surface area contributed by atoms with Crippen LogP contribution in [0.2, 0.25) is 0 Å². The number of carbonyl (C=O) groups excluding carboxylic acids is 2. The fourth-order valence-electron chi connectivity index (χ4n) is 7.20. The van der Waals surface area contributed by atoms with Crippen molar-refractivity contribution in [1.29, 1.82) is 0 Å². The second-order valence-corrected chi connectivity index (χ2v) is 14.9. The Morgan fingerprint density at radius 3 is 1.53 bits per heavy atom. The summed E-state index contributed by atoms with van der Waals surface area (Å²) in [5, 5.41) is 0. The van der Waals surface area contributed by atoms with Gasteiger partial charge in [0.05, 0.1) is 11.1 Å². The van der Waals surface area contributed by atoms with Crippen molar-refractivity contribution in [3.05, 3.63) is 118 Å². The smallest absolute Gasteiger partial charge is 0.373 e. The molecule has 7 heteroatoms. The van der Waals surface area contributed by atoms with Gasteiger partial charge in [0.1, 0.15) is 12.2 Å². The number of hydrogen-bond donors (Lipinski definition) is 0. The first-order chi connectivity index (χ1) is 23.1. The molecule has 0 spiro atoms. The van der Waals surface area contributed by atoms with Gasteiger partial charge in [-0.3, -0.25) is 4.89 Å². The molecule has 2 aliphatic carbocycles. The van der Waals surface area contributed by atoms with Gasteiger partial charge in [0.15, 0.2) is 0 Å². The van der Waals surface area contributed by atoms with E-state index in [-0.39, 0.29) is 18.2 Å². The lowest BCUT2D eigenvalue weighted by atomic mass is 9.84. The van der Waals surface area contributed by atoms with Gasteiger partial charge in [0.2, 0.25) is 0 Å². The van der Waals surface area contributed by atoms with Crippen molar-refractivity contribution >= 4 is 46.6 Å². The third kappa shape index (κ3) is 6.17. The van der Waals surface area contributed by atoms with Gasteiger partial charge in [0, 0.05) is 19.6 Å². The van der Waals surface area contributed by atoms with Gasteiger partial charge in [-0.05, 0) is 120 Å². The van der Waals surface area contributed by atoms with Crippen LogP contribution in [0, 0.1) is 0 Å². The molecule has 2 heterocycles. The summed E-state index contributed by atoms with van der Waals surface area (Å²) >= 11 is 3.41. The molecule has 47 heavy (non-hydrogen) atoms. The molecular formula is C40H36O5S2. The van der Waals surface area contributed by atoms with E-state index in [1.165, 1.54) is 12.8 Å². The molecule has 0 radical (unpaired) electrons. The monoisotopic (exact) mass is 660 g/mol. The molecule has 2 saturated carbocycles. The summed E-state index contributed by atoms with van der Waals surface area (Å²) in [7, 11) is 0. The van der Waals surface area contributed by atoms with E-state index >= 15 is 0 Å². The Hall–Kier alpha value is -3.78. The molecule has 0 unspecified atom stereocenters. The van der Waals surface area contributed by atoms with Gasteiger partial charge in [-0.25, -0.2) is 9.59 Å². The van der Waals surface area contributed by atoms with E-state index in [0.29, 0.717) is 11.1 Å². The highest BCUT2D eigenvalue weighted by Gasteiger charge is 2.32. The molecule has 0 N–H and O–H groups in total. The number of rotatable bonds is 5. The van der Waals surface area contributed by atoms with E-state index in [2.05, 4.69) is 54.6 Å². The van der Waals surface area contributed by atoms with Gasteiger partial charge >= 0.3 is 11.9 Å². The Morgan fingerprint density at radius 2 is 0.979 bits per heavy atom. The number of fused-ring (bicyclic) bond motifs is 4. The van der Waals surface area contributed by atoms with Crippen LogP contribution < -0.4 is 0 Å². The zero-order valence-electron chi connectivity index (χ0n) is 26.2. The highest BCUT2D eigenvalue weighted by molar-refractivity contribution is 8.00. The van der Waals surface area contributed by atoms with Crippen molar-refractivity contribution in [2.24, 2.45) is 0 Å². The van der Waals surface area contributed by atoms with Crippen molar-refractivity contribution in [3.63, 3.8) is 0 Å². The normalized spacial score (nSPS) is 19.1. The van der Waals surface area contributed by atoms with Gasteiger partial charge in [-0.1, -0.05) is 85.6 Å². The molecule has 8 rings (SSSR count). The quantitative estimate of drug-likeness (QED) is 0.104. The minimum Gasteiger partial charge on any atom is -0.459 e. The van der Waals surface area contributed by atoms with E-state index in [0.717, 1.165) is 104 Å². The van der Waals surface area contributed by atoms with Gasteiger partial charge < -0.3 is 4.74 Å². The first-order valence-electron chi connectivity index (χ1n) is 16.8. The molecule has 4 aromatic carbocycles. The third-order valence-electron chi connectivity index (χ3n) is 9.61. The summed E-state index contributed by atoms with van der Waals surface area (Å²) in [6, 6.07) is 28.6. The number of benzene rings is 4. The summed E-state index contributed by atoms with van der Waals surface area (Å²) in [6.45, 7) is 0. The third-order valence-corrected chi connectivity index (χ3v) is 11.9. The first-order valence-corrected chi connectivity index (χ1v) is 18.4. The van der Waals surface area contributed by atoms with Gasteiger partial charge in [0.25, 0.3) is 0 Å². The maximum atomic E-state index is 13.5. The van der Waals surface area contributed by atoms with Crippen molar-refractivity contribution < 1.29 is 24.1 Å². The molecule has 0 bridgehead atoms. The second kappa shape index (κ2) is 13.4. The van der Waals surface area contributed by atoms with Crippen LogP contribution in [0.4, 0.5) is 0 Å². The summed E-state index contributed by atoms with van der Waals surface area (Å²) < 4.78 is 6.01. The number of esters is 1. The zero-order valence-corrected chi connectivity index (χ0v) is 27.8. The van der Waals surface area contributed by atoms with E-state index in [9.17, 15) is 9.59 Å². The zero-order chi connectivity index (χ0) is 31.7. The minimum atomic E-state index is -0.487. The number of carbonyl (C=O) groups is 2. The molecule has 0 aromatic heterocycles. The largest absolute Gasteiger partial charge is 0.459 e. The summed E-state index contributed by atoms with van der Waals surface area (Å²) in [4.78, 5) is 42.3. The fourth-order valence-corrected chi connectivity index (χ4v) is 9.34. The number of hydrogen-bond acceptors (Lipinski definition) is 7. The second-order valence-electron chi connectivity index (χ2n) is 12.8. The lowest BCUT2D eigenvalue weighted by Crippen LogP contribution is -2.21. The molecule has 4 aromatic rings. The topological polar surface area (TPSA) is 61.8 Å².